The van der Waals surface area contributed by atoms with E-state index < -0.39 is 0 Å². The zero-order valence-electron chi connectivity index (χ0n) is 21.1. The molecule has 0 bridgehead atoms. The summed E-state index contributed by atoms with van der Waals surface area (Å²) in [5, 5.41) is 3.43. The van der Waals surface area contributed by atoms with Gasteiger partial charge in [0.25, 0.3) is 0 Å². The lowest BCUT2D eigenvalue weighted by Gasteiger charge is -2.11. The van der Waals surface area contributed by atoms with Crippen molar-refractivity contribution in [1.29, 1.82) is 0 Å². The number of aliphatic imine (C=N–C) groups is 2. The number of nitrogens with one attached hydrogen (secondary N) is 1. The zero-order chi connectivity index (χ0) is 24.2. The summed E-state index contributed by atoms with van der Waals surface area (Å²) in [5.41, 5.74) is 15.5. The number of nitrogens with zero attached hydrogens (tertiary/aromatic N) is 2. The van der Waals surface area contributed by atoms with E-state index in [9.17, 15) is 0 Å². The third kappa shape index (κ3) is 14.4. The lowest BCUT2D eigenvalue weighted by molar-refractivity contribution is 0.798. The highest BCUT2D eigenvalue weighted by atomic mass is 14.9. The Morgan fingerprint density at radius 1 is 1.06 bits per heavy atom. The number of allylic oxidation sites excluding steroid dienone is 2. The van der Waals surface area contributed by atoms with Crippen molar-refractivity contribution < 1.29 is 0 Å². The van der Waals surface area contributed by atoms with Crippen LogP contribution >= 0.6 is 0 Å². The highest BCUT2D eigenvalue weighted by molar-refractivity contribution is 6.09. The van der Waals surface area contributed by atoms with Gasteiger partial charge in [0.05, 0.1) is 0 Å². The van der Waals surface area contributed by atoms with E-state index in [1.165, 1.54) is 12.0 Å². The molecule has 0 heterocycles. The summed E-state index contributed by atoms with van der Waals surface area (Å²) in [5.74, 6) is 1.01. The first kappa shape index (κ1) is 29.3. The molecule has 32 heavy (non-hydrogen) atoms. The third-order valence-electron chi connectivity index (χ3n) is 4.33. The van der Waals surface area contributed by atoms with Gasteiger partial charge in [-0.2, -0.15) is 0 Å². The fourth-order valence-corrected chi connectivity index (χ4v) is 2.75. The van der Waals surface area contributed by atoms with Gasteiger partial charge in [-0.25, -0.2) is 4.99 Å². The van der Waals surface area contributed by atoms with E-state index in [-0.39, 0.29) is 0 Å². The fourth-order valence-electron chi connectivity index (χ4n) is 2.75. The van der Waals surface area contributed by atoms with Crippen LogP contribution in [0.15, 0.2) is 76.0 Å². The molecule has 0 fully saturated rings. The van der Waals surface area contributed by atoms with Gasteiger partial charge in [-0.05, 0) is 56.5 Å². The summed E-state index contributed by atoms with van der Waals surface area (Å²) in [6, 6.07) is 10.3. The summed E-state index contributed by atoms with van der Waals surface area (Å²) in [6.07, 6.45) is 10.9. The Morgan fingerprint density at radius 3 is 2.25 bits per heavy atom. The molecular formula is C27H45N5. The topological polar surface area (TPSA) is 88.8 Å². The van der Waals surface area contributed by atoms with Gasteiger partial charge < -0.3 is 16.8 Å². The quantitative estimate of drug-likeness (QED) is 0.177. The van der Waals surface area contributed by atoms with Crippen LogP contribution in [-0.4, -0.2) is 24.6 Å². The minimum Gasteiger partial charge on any atom is -0.404 e. The molecule has 5 N–H and O–H groups in total. The van der Waals surface area contributed by atoms with Crippen LogP contribution < -0.4 is 16.8 Å². The summed E-state index contributed by atoms with van der Waals surface area (Å²) in [4.78, 5) is 9.45. The number of benzene rings is 1. The van der Waals surface area contributed by atoms with Crippen molar-refractivity contribution in [3.05, 3.63) is 71.6 Å². The van der Waals surface area contributed by atoms with Crippen molar-refractivity contribution in [3.63, 3.8) is 0 Å². The first-order valence-electron chi connectivity index (χ1n) is 11.7. The van der Waals surface area contributed by atoms with Gasteiger partial charge in [-0.3, -0.25) is 4.99 Å². The van der Waals surface area contributed by atoms with Crippen LogP contribution in [0.4, 0.5) is 0 Å². The van der Waals surface area contributed by atoms with Crippen LogP contribution in [0.25, 0.3) is 0 Å². The Balaban J connectivity index is 0.00000302. The summed E-state index contributed by atoms with van der Waals surface area (Å²) >= 11 is 0. The van der Waals surface area contributed by atoms with E-state index in [1.54, 1.807) is 6.20 Å². The number of amidine groups is 1. The molecule has 0 saturated heterocycles. The van der Waals surface area contributed by atoms with E-state index >= 15 is 0 Å². The van der Waals surface area contributed by atoms with Crippen LogP contribution in [0.1, 0.15) is 66.4 Å². The van der Waals surface area contributed by atoms with Gasteiger partial charge in [0.2, 0.25) is 0 Å². The molecule has 0 aliphatic rings. The van der Waals surface area contributed by atoms with Gasteiger partial charge in [-0.1, -0.05) is 76.6 Å². The smallest absolute Gasteiger partial charge is 0.149 e. The molecule has 0 atom stereocenters. The molecule has 0 aliphatic heterocycles. The molecule has 0 aliphatic carbocycles. The molecule has 0 unspecified atom stereocenters. The van der Waals surface area contributed by atoms with Crippen molar-refractivity contribution in [1.82, 2.24) is 5.32 Å². The summed E-state index contributed by atoms with van der Waals surface area (Å²) < 4.78 is 0. The minimum absolute atomic E-state index is 0.311. The number of rotatable bonds is 11. The molecular weight excluding hydrogens is 394 g/mol. The Labute approximate surface area is 196 Å². The maximum atomic E-state index is 5.80. The van der Waals surface area contributed by atoms with Gasteiger partial charge in [0.1, 0.15) is 5.84 Å². The van der Waals surface area contributed by atoms with Gasteiger partial charge in [0, 0.05) is 30.6 Å². The van der Waals surface area contributed by atoms with E-state index in [2.05, 4.69) is 57.3 Å². The molecule has 5 nitrogen and oxygen atoms in total. The average molecular weight is 440 g/mol. The molecule has 0 radical (unpaired) electrons. The highest BCUT2D eigenvalue weighted by Gasteiger charge is 2.07. The Bertz CT molecular complexity index is 756. The van der Waals surface area contributed by atoms with Crippen molar-refractivity contribution in [2.75, 3.05) is 13.1 Å². The molecule has 178 valence electrons. The second-order valence-electron chi connectivity index (χ2n) is 7.92. The fraction of sp³-hybridized carbons (Fsp3) is 0.481. The highest BCUT2D eigenvalue weighted by Crippen LogP contribution is 2.11. The molecule has 0 spiro atoms. The van der Waals surface area contributed by atoms with Gasteiger partial charge in [0.15, 0.2) is 0 Å². The average Bonchev–Trinajstić information content (AvgIpc) is 2.76. The second-order valence-corrected chi connectivity index (χ2v) is 7.92. The molecule has 0 amide bonds. The Morgan fingerprint density at radius 2 is 1.69 bits per heavy atom. The predicted octanol–water partition coefficient (Wildman–Crippen LogP) is 5.75. The van der Waals surface area contributed by atoms with Crippen molar-refractivity contribution in [3.8, 4) is 0 Å². The lowest BCUT2D eigenvalue weighted by atomic mass is 10.0. The summed E-state index contributed by atoms with van der Waals surface area (Å²) in [6.45, 7) is 14.6. The second kappa shape index (κ2) is 19.1. The normalized spacial score (nSPS) is 13.4. The van der Waals surface area contributed by atoms with Crippen LogP contribution in [0, 0.1) is 5.92 Å². The molecule has 5 heteroatoms. The third-order valence-corrected chi connectivity index (χ3v) is 4.33. The minimum atomic E-state index is 0.311. The van der Waals surface area contributed by atoms with E-state index in [4.69, 9.17) is 21.5 Å². The van der Waals surface area contributed by atoms with Gasteiger partial charge in [-0.15, -0.1) is 0 Å². The Hall–Kier alpha value is -2.66. The molecule has 1 aromatic carbocycles. The largest absolute Gasteiger partial charge is 0.404 e. The van der Waals surface area contributed by atoms with Crippen molar-refractivity contribution in [2.24, 2.45) is 27.4 Å². The Kier molecular flexibility index (Phi) is 17.5. The van der Waals surface area contributed by atoms with E-state index in [0.717, 1.165) is 36.4 Å². The van der Waals surface area contributed by atoms with E-state index in [0.29, 0.717) is 24.8 Å². The van der Waals surface area contributed by atoms with Gasteiger partial charge >= 0.3 is 0 Å². The maximum Gasteiger partial charge on any atom is 0.149 e. The van der Waals surface area contributed by atoms with Crippen LogP contribution in [-0.2, 0) is 6.54 Å². The first-order chi connectivity index (χ1) is 15.4. The van der Waals surface area contributed by atoms with Crippen LogP contribution in [0.3, 0.4) is 0 Å². The molecule has 0 saturated carbocycles. The van der Waals surface area contributed by atoms with Crippen LogP contribution in [0.2, 0.25) is 0 Å². The number of nitrogens with two attached hydrogens (primary N) is 2. The SMILES string of the molecule is CC(=NC(/C=C(\C)NCc1ccccc1)=NCC/C=C/CCN)/C(=C\N)C(C)C.CCC. The molecule has 0 aromatic heterocycles. The van der Waals surface area contributed by atoms with Crippen molar-refractivity contribution in [2.45, 2.75) is 67.3 Å². The molecule has 1 rings (SSSR count). The lowest BCUT2D eigenvalue weighted by Crippen LogP contribution is -2.13. The van der Waals surface area contributed by atoms with Crippen LogP contribution in [0.5, 0.6) is 0 Å². The standard InChI is InChI=1S/C24H37N5.C3H8/c1-19(2)23(17-26)21(4)29-24(27-15-11-6-5-10-14-25)16-20(3)28-18-22-12-8-7-9-13-22;1-3-2/h5-9,12-13,16-17,19,28H,10-11,14-15,18,25-26H2,1-4H3;3H2,1-2H3/b6-5+,20-16+,23-17-,27-24?,29-21?;. The summed E-state index contributed by atoms with van der Waals surface area (Å²) in [7, 11) is 0. The van der Waals surface area contributed by atoms with E-state index in [1.807, 2.05) is 38.1 Å². The zero-order valence-corrected chi connectivity index (χ0v) is 21.1. The predicted molar refractivity (Wildman–Crippen MR) is 143 cm³/mol. The number of hydrogen-bond donors (Lipinski definition) is 3. The number of hydrogen-bond acceptors (Lipinski definition) is 4. The molecule has 1 aromatic rings. The van der Waals surface area contributed by atoms with Crippen molar-refractivity contribution >= 4 is 11.5 Å². The maximum absolute atomic E-state index is 5.80. The first-order valence-corrected chi connectivity index (χ1v) is 11.7. The monoisotopic (exact) mass is 439 g/mol.